The van der Waals surface area contributed by atoms with E-state index in [-0.39, 0.29) is 30.1 Å². The molecule has 30 heavy (non-hydrogen) atoms. The van der Waals surface area contributed by atoms with Crippen molar-refractivity contribution in [3.63, 3.8) is 0 Å². The smallest absolute Gasteiger partial charge is 0.308 e. The van der Waals surface area contributed by atoms with Crippen molar-refractivity contribution < 1.29 is 23.9 Å². The first kappa shape index (κ1) is 22.0. The van der Waals surface area contributed by atoms with Gasteiger partial charge in [0.25, 0.3) is 5.91 Å². The third-order valence-electron chi connectivity index (χ3n) is 5.71. The lowest BCUT2D eigenvalue weighted by molar-refractivity contribution is -0.148. The van der Waals surface area contributed by atoms with Crippen molar-refractivity contribution in [2.75, 3.05) is 4.90 Å². The van der Waals surface area contributed by atoms with E-state index in [9.17, 15) is 19.2 Å². The molecule has 1 aromatic rings. The molecule has 3 rings (SSSR count). The maximum Gasteiger partial charge on any atom is 0.308 e. The van der Waals surface area contributed by atoms with Crippen LogP contribution in [-0.2, 0) is 19.2 Å². The number of amides is 3. The fraction of sp³-hybridized carbons (Fsp3) is 0.565. The standard InChI is InChI=1S/C23H30N2O5/c1-15(26)30-18-12-10-17(11-13-18)24-20(27)14-19(22(24)29)25(23(2,3)4)21(28)16-8-6-5-7-9-16/h10-13,16,19H,5-9,14H2,1-4H3. The molecule has 1 aromatic carbocycles. The molecule has 0 spiro atoms. The van der Waals surface area contributed by atoms with Crippen LogP contribution in [0.25, 0.3) is 0 Å². The van der Waals surface area contributed by atoms with Crippen molar-refractivity contribution in [1.29, 1.82) is 0 Å². The summed E-state index contributed by atoms with van der Waals surface area (Å²) in [7, 11) is 0. The fourth-order valence-corrected chi connectivity index (χ4v) is 4.42. The van der Waals surface area contributed by atoms with Gasteiger partial charge in [-0.2, -0.15) is 0 Å². The molecule has 1 unspecified atom stereocenters. The first-order valence-corrected chi connectivity index (χ1v) is 10.6. The molecule has 0 aromatic heterocycles. The maximum absolute atomic E-state index is 13.4. The molecular weight excluding hydrogens is 384 g/mol. The summed E-state index contributed by atoms with van der Waals surface area (Å²) >= 11 is 0. The summed E-state index contributed by atoms with van der Waals surface area (Å²) in [6.07, 6.45) is 4.82. The van der Waals surface area contributed by atoms with Gasteiger partial charge in [0, 0.05) is 18.4 Å². The molecule has 0 radical (unpaired) electrons. The molecule has 7 heteroatoms. The van der Waals surface area contributed by atoms with Gasteiger partial charge in [-0.1, -0.05) is 19.3 Å². The third kappa shape index (κ3) is 4.55. The molecule has 1 aliphatic carbocycles. The normalized spacial score (nSPS) is 20.4. The molecule has 2 aliphatic rings. The SMILES string of the molecule is CC(=O)Oc1ccc(N2C(=O)CC(N(C(=O)C3CCCCC3)C(C)(C)C)C2=O)cc1. The molecule has 3 amide bonds. The van der Waals surface area contributed by atoms with Gasteiger partial charge in [-0.05, 0) is 57.9 Å². The summed E-state index contributed by atoms with van der Waals surface area (Å²) in [5.41, 5.74) is -0.174. The Labute approximate surface area is 177 Å². The van der Waals surface area contributed by atoms with Crippen LogP contribution in [0.4, 0.5) is 5.69 Å². The van der Waals surface area contributed by atoms with Gasteiger partial charge in [0.05, 0.1) is 12.1 Å². The summed E-state index contributed by atoms with van der Waals surface area (Å²) in [6.45, 7) is 7.02. The minimum Gasteiger partial charge on any atom is -0.427 e. The molecule has 162 valence electrons. The Bertz CT molecular complexity index is 834. The number of hydrogen-bond acceptors (Lipinski definition) is 5. The Morgan fingerprint density at radius 2 is 1.63 bits per heavy atom. The lowest BCUT2D eigenvalue weighted by Crippen LogP contribution is -2.56. The number of rotatable bonds is 4. The third-order valence-corrected chi connectivity index (χ3v) is 5.71. The van der Waals surface area contributed by atoms with Crippen LogP contribution in [0.1, 0.15) is 66.2 Å². The first-order chi connectivity index (χ1) is 14.1. The van der Waals surface area contributed by atoms with Crippen molar-refractivity contribution in [2.24, 2.45) is 5.92 Å². The predicted octanol–water partition coefficient (Wildman–Crippen LogP) is 3.45. The molecule has 7 nitrogen and oxygen atoms in total. The van der Waals surface area contributed by atoms with E-state index in [4.69, 9.17) is 4.74 Å². The number of carbonyl (C=O) groups is 4. The summed E-state index contributed by atoms with van der Waals surface area (Å²) in [4.78, 5) is 53.3. The fourth-order valence-electron chi connectivity index (χ4n) is 4.42. The maximum atomic E-state index is 13.4. The van der Waals surface area contributed by atoms with Gasteiger partial charge in [0.15, 0.2) is 0 Å². The molecule has 1 saturated heterocycles. The van der Waals surface area contributed by atoms with Crippen molar-refractivity contribution in [3.05, 3.63) is 24.3 Å². The van der Waals surface area contributed by atoms with Crippen molar-refractivity contribution in [2.45, 2.75) is 77.8 Å². The molecule has 1 saturated carbocycles. The molecule has 2 fully saturated rings. The van der Waals surface area contributed by atoms with E-state index in [2.05, 4.69) is 0 Å². The lowest BCUT2D eigenvalue weighted by atomic mass is 9.86. The molecule has 0 N–H and O–H groups in total. The summed E-state index contributed by atoms with van der Waals surface area (Å²) in [6, 6.07) is 5.42. The van der Waals surface area contributed by atoms with Crippen LogP contribution in [-0.4, -0.2) is 40.2 Å². The summed E-state index contributed by atoms with van der Waals surface area (Å²) in [5.74, 6) is -0.947. The van der Waals surface area contributed by atoms with E-state index in [1.54, 1.807) is 29.2 Å². The molecule has 1 heterocycles. The zero-order valence-corrected chi connectivity index (χ0v) is 18.1. The van der Waals surface area contributed by atoms with Crippen LogP contribution in [0.15, 0.2) is 24.3 Å². The van der Waals surface area contributed by atoms with Crippen LogP contribution < -0.4 is 9.64 Å². The molecular formula is C23H30N2O5. The number of nitrogens with zero attached hydrogens (tertiary/aromatic N) is 2. The van der Waals surface area contributed by atoms with Crippen LogP contribution in [0.2, 0.25) is 0 Å². The highest BCUT2D eigenvalue weighted by Gasteiger charge is 2.48. The highest BCUT2D eigenvalue weighted by Crippen LogP contribution is 2.34. The number of benzene rings is 1. The zero-order chi connectivity index (χ0) is 22.1. The number of ether oxygens (including phenoxy) is 1. The van der Waals surface area contributed by atoms with Crippen LogP contribution in [0.3, 0.4) is 0 Å². The Morgan fingerprint density at radius 3 is 2.17 bits per heavy atom. The van der Waals surface area contributed by atoms with Crippen molar-refractivity contribution in [1.82, 2.24) is 4.90 Å². The van der Waals surface area contributed by atoms with E-state index in [0.29, 0.717) is 11.4 Å². The largest absolute Gasteiger partial charge is 0.427 e. The predicted molar refractivity (Wildman–Crippen MR) is 112 cm³/mol. The Hall–Kier alpha value is -2.70. The van der Waals surface area contributed by atoms with E-state index in [1.807, 2.05) is 20.8 Å². The average Bonchev–Trinajstić information content (AvgIpc) is 2.95. The second-order valence-electron chi connectivity index (χ2n) is 9.09. The van der Waals surface area contributed by atoms with Crippen molar-refractivity contribution >= 4 is 29.4 Å². The summed E-state index contributed by atoms with van der Waals surface area (Å²) < 4.78 is 5.01. The Balaban J connectivity index is 1.85. The number of imide groups is 1. The van der Waals surface area contributed by atoms with E-state index in [0.717, 1.165) is 37.0 Å². The van der Waals surface area contributed by atoms with Gasteiger partial charge in [-0.25, -0.2) is 4.90 Å². The lowest BCUT2D eigenvalue weighted by Gasteiger charge is -2.41. The monoisotopic (exact) mass is 414 g/mol. The second-order valence-corrected chi connectivity index (χ2v) is 9.09. The Morgan fingerprint density at radius 1 is 1.03 bits per heavy atom. The topological polar surface area (TPSA) is 84.0 Å². The highest BCUT2D eigenvalue weighted by atomic mass is 16.5. The van der Waals surface area contributed by atoms with Gasteiger partial charge >= 0.3 is 5.97 Å². The average molecular weight is 415 g/mol. The first-order valence-electron chi connectivity index (χ1n) is 10.6. The molecule has 0 bridgehead atoms. The van der Waals surface area contributed by atoms with Gasteiger partial charge in [0.1, 0.15) is 11.8 Å². The second kappa shape index (κ2) is 8.58. The summed E-state index contributed by atoms with van der Waals surface area (Å²) in [5, 5.41) is 0. The van der Waals surface area contributed by atoms with Crippen LogP contribution in [0.5, 0.6) is 5.75 Å². The van der Waals surface area contributed by atoms with E-state index in [1.165, 1.54) is 6.92 Å². The highest BCUT2D eigenvalue weighted by molar-refractivity contribution is 6.23. The number of esters is 1. The number of carbonyl (C=O) groups excluding carboxylic acids is 4. The van der Waals surface area contributed by atoms with E-state index >= 15 is 0 Å². The zero-order valence-electron chi connectivity index (χ0n) is 18.1. The van der Waals surface area contributed by atoms with Crippen molar-refractivity contribution in [3.8, 4) is 5.75 Å². The number of hydrogen-bond donors (Lipinski definition) is 0. The van der Waals surface area contributed by atoms with Gasteiger partial charge < -0.3 is 9.64 Å². The van der Waals surface area contributed by atoms with Crippen LogP contribution >= 0.6 is 0 Å². The van der Waals surface area contributed by atoms with Gasteiger partial charge in [-0.15, -0.1) is 0 Å². The van der Waals surface area contributed by atoms with Gasteiger partial charge in [0.2, 0.25) is 11.8 Å². The Kier molecular flexibility index (Phi) is 6.29. The number of anilines is 1. The molecule has 1 atom stereocenters. The van der Waals surface area contributed by atoms with Gasteiger partial charge in [-0.3, -0.25) is 19.2 Å². The minimum absolute atomic E-state index is 0.0274. The molecule has 1 aliphatic heterocycles. The van der Waals surface area contributed by atoms with Crippen LogP contribution in [0, 0.1) is 5.92 Å². The van der Waals surface area contributed by atoms with E-state index < -0.39 is 17.6 Å². The quantitative estimate of drug-likeness (QED) is 0.428. The minimum atomic E-state index is -0.805.